The summed E-state index contributed by atoms with van der Waals surface area (Å²) in [6.07, 6.45) is 1.68. The number of hydrogen-bond donors (Lipinski definition) is 2. The summed E-state index contributed by atoms with van der Waals surface area (Å²) in [6, 6.07) is 2.67. The normalized spacial score (nSPS) is 14.2. The van der Waals surface area contributed by atoms with Crippen molar-refractivity contribution in [3.05, 3.63) is 28.2 Å². The van der Waals surface area contributed by atoms with Crippen LogP contribution in [0.5, 0.6) is 0 Å². The van der Waals surface area contributed by atoms with Gasteiger partial charge >= 0.3 is 5.97 Å². The van der Waals surface area contributed by atoms with Crippen molar-refractivity contribution in [3.8, 4) is 0 Å². The van der Waals surface area contributed by atoms with Gasteiger partial charge in [-0.05, 0) is 18.9 Å². The number of carboxylic acid groups (broad SMARTS) is 1. The Bertz CT molecular complexity index is 501. The zero-order valence-corrected chi connectivity index (χ0v) is 9.63. The molecule has 1 aromatic rings. The molecule has 0 saturated heterocycles. The third-order valence-corrected chi connectivity index (χ3v) is 2.71. The maximum Gasteiger partial charge on any atom is 0.305 e. The first-order chi connectivity index (χ1) is 8.58. The topological polar surface area (TPSA) is 103 Å². The molecule has 1 fully saturated rings. The Balaban J connectivity index is 2.10. The van der Waals surface area contributed by atoms with Crippen LogP contribution in [-0.4, -0.2) is 44.7 Å². The van der Waals surface area contributed by atoms with Crippen LogP contribution in [0.15, 0.2) is 16.9 Å². The van der Waals surface area contributed by atoms with Gasteiger partial charge in [0.05, 0.1) is 6.42 Å². The highest BCUT2D eigenvalue weighted by Gasteiger charge is 2.33. The summed E-state index contributed by atoms with van der Waals surface area (Å²) in [4.78, 5) is 35.0. The van der Waals surface area contributed by atoms with Crippen molar-refractivity contribution in [1.82, 2.24) is 15.1 Å². The molecule has 1 amide bonds. The highest BCUT2D eigenvalue weighted by Crippen LogP contribution is 2.27. The van der Waals surface area contributed by atoms with Gasteiger partial charge < -0.3 is 10.0 Å². The Morgan fingerprint density at radius 3 is 2.67 bits per heavy atom. The monoisotopic (exact) mass is 251 g/mol. The van der Waals surface area contributed by atoms with Gasteiger partial charge in [0.1, 0.15) is 5.69 Å². The van der Waals surface area contributed by atoms with Crippen molar-refractivity contribution < 1.29 is 14.7 Å². The summed E-state index contributed by atoms with van der Waals surface area (Å²) in [5, 5.41) is 14.5. The SMILES string of the molecule is O=C(O)CCN(C(=O)c1ccc(=O)[nH]n1)C1CC1. The zero-order chi connectivity index (χ0) is 13.1. The van der Waals surface area contributed by atoms with Crippen LogP contribution in [-0.2, 0) is 4.79 Å². The van der Waals surface area contributed by atoms with E-state index >= 15 is 0 Å². The van der Waals surface area contributed by atoms with E-state index in [4.69, 9.17) is 5.11 Å². The van der Waals surface area contributed by atoms with Crippen LogP contribution in [0.3, 0.4) is 0 Å². The molecule has 7 nitrogen and oxygen atoms in total. The number of carbonyl (C=O) groups excluding carboxylic acids is 1. The Morgan fingerprint density at radius 1 is 1.44 bits per heavy atom. The summed E-state index contributed by atoms with van der Waals surface area (Å²) in [6.45, 7) is 0.166. The van der Waals surface area contributed by atoms with E-state index in [1.165, 1.54) is 17.0 Å². The Hall–Kier alpha value is -2.18. The number of H-pyrrole nitrogens is 1. The molecule has 0 bridgehead atoms. The number of carboxylic acids is 1. The van der Waals surface area contributed by atoms with Crippen molar-refractivity contribution in [2.24, 2.45) is 0 Å². The fourth-order valence-corrected chi connectivity index (χ4v) is 1.66. The molecule has 2 rings (SSSR count). The van der Waals surface area contributed by atoms with Crippen LogP contribution in [0.4, 0.5) is 0 Å². The Kier molecular flexibility index (Phi) is 3.40. The average Bonchev–Trinajstić information content (AvgIpc) is 3.14. The maximum atomic E-state index is 12.1. The van der Waals surface area contributed by atoms with Gasteiger partial charge in [0, 0.05) is 18.7 Å². The van der Waals surface area contributed by atoms with E-state index in [2.05, 4.69) is 10.2 Å². The van der Waals surface area contributed by atoms with Gasteiger partial charge in [0.25, 0.3) is 11.5 Å². The quantitative estimate of drug-likeness (QED) is 0.757. The van der Waals surface area contributed by atoms with E-state index in [1.807, 2.05) is 0 Å². The second-order valence-electron chi connectivity index (χ2n) is 4.18. The molecular weight excluding hydrogens is 238 g/mol. The van der Waals surface area contributed by atoms with E-state index in [0.717, 1.165) is 12.8 Å². The van der Waals surface area contributed by atoms with E-state index in [1.54, 1.807) is 0 Å². The van der Waals surface area contributed by atoms with E-state index < -0.39 is 5.97 Å². The number of hydrogen-bond acceptors (Lipinski definition) is 4. The number of nitrogens with zero attached hydrogens (tertiary/aromatic N) is 2. The second kappa shape index (κ2) is 4.99. The van der Waals surface area contributed by atoms with Crippen molar-refractivity contribution in [1.29, 1.82) is 0 Å². The minimum absolute atomic E-state index is 0.0917. The molecule has 1 aromatic heterocycles. The first kappa shape index (κ1) is 12.3. The molecule has 0 aliphatic heterocycles. The van der Waals surface area contributed by atoms with Crippen molar-refractivity contribution in [2.75, 3.05) is 6.54 Å². The summed E-state index contributed by atoms with van der Waals surface area (Å²) < 4.78 is 0. The number of amides is 1. The highest BCUT2D eigenvalue weighted by molar-refractivity contribution is 5.92. The van der Waals surface area contributed by atoms with Crippen LogP contribution in [0.2, 0.25) is 0 Å². The van der Waals surface area contributed by atoms with Crippen molar-refractivity contribution in [3.63, 3.8) is 0 Å². The predicted molar refractivity (Wildman–Crippen MR) is 61.2 cm³/mol. The summed E-state index contributed by atoms with van der Waals surface area (Å²) >= 11 is 0. The van der Waals surface area contributed by atoms with Crippen LogP contribution in [0, 0.1) is 0 Å². The molecule has 0 aromatic carbocycles. The van der Waals surface area contributed by atoms with Gasteiger partial charge in [-0.3, -0.25) is 14.4 Å². The zero-order valence-electron chi connectivity index (χ0n) is 9.63. The van der Waals surface area contributed by atoms with Gasteiger partial charge in [0.2, 0.25) is 0 Å². The standard InChI is InChI=1S/C11H13N3O4/c15-9-4-3-8(12-13-9)11(18)14(7-1-2-7)6-5-10(16)17/h3-4,7H,1-2,5-6H2,(H,13,15)(H,16,17). The molecule has 1 aliphatic carbocycles. The summed E-state index contributed by atoms with van der Waals surface area (Å²) in [5.41, 5.74) is -0.248. The molecule has 7 heteroatoms. The third kappa shape index (κ3) is 2.93. The smallest absolute Gasteiger partial charge is 0.305 e. The Morgan fingerprint density at radius 2 is 2.17 bits per heavy atom. The number of carbonyl (C=O) groups is 2. The molecule has 0 radical (unpaired) electrons. The van der Waals surface area contributed by atoms with Gasteiger partial charge in [-0.15, -0.1) is 0 Å². The second-order valence-corrected chi connectivity index (χ2v) is 4.18. The summed E-state index contributed by atoms with van der Waals surface area (Å²) in [5.74, 6) is -1.28. The van der Waals surface area contributed by atoms with E-state index in [9.17, 15) is 14.4 Å². The fourth-order valence-electron chi connectivity index (χ4n) is 1.66. The third-order valence-electron chi connectivity index (χ3n) is 2.71. The first-order valence-electron chi connectivity index (χ1n) is 5.66. The van der Waals surface area contributed by atoms with Crippen molar-refractivity contribution >= 4 is 11.9 Å². The largest absolute Gasteiger partial charge is 0.481 e. The fraction of sp³-hybridized carbons (Fsp3) is 0.455. The van der Waals surface area contributed by atoms with Crippen LogP contribution in [0.1, 0.15) is 29.8 Å². The molecule has 2 N–H and O–H groups in total. The highest BCUT2D eigenvalue weighted by atomic mass is 16.4. The minimum Gasteiger partial charge on any atom is -0.481 e. The van der Waals surface area contributed by atoms with Gasteiger partial charge in [-0.2, -0.15) is 5.10 Å². The van der Waals surface area contributed by atoms with E-state index in [-0.39, 0.29) is 36.2 Å². The van der Waals surface area contributed by atoms with E-state index in [0.29, 0.717) is 0 Å². The van der Waals surface area contributed by atoms with Crippen LogP contribution < -0.4 is 5.56 Å². The number of aliphatic carboxylic acids is 1. The summed E-state index contributed by atoms with van der Waals surface area (Å²) in [7, 11) is 0. The molecule has 1 heterocycles. The average molecular weight is 251 g/mol. The molecule has 96 valence electrons. The first-order valence-corrected chi connectivity index (χ1v) is 5.66. The number of nitrogens with one attached hydrogen (secondary N) is 1. The van der Waals surface area contributed by atoms with Gasteiger partial charge in [-0.25, -0.2) is 5.10 Å². The van der Waals surface area contributed by atoms with Crippen LogP contribution >= 0.6 is 0 Å². The lowest BCUT2D eigenvalue weighted by molar-refractivity contribution is -0.137. The van der Waals surface area contributed by atoms with Crippen LogP contribution in [0.25, 0.3) is 0 Å². The molecule has 0 unspecified atom stereocenters. The van der Waals surface area contributed by atoms with Gasteiger partial charge in [-0.1, -0.05) is 0 Å². The molecule has 1 aliphatic rings. The Labute approximate surface area is 102 Å². The predicted octanol–water partition coefficient (Wildman–Crippen LogP) is -0.151. The maximum absolute atomic E-state index is 12.1. The lowest BCUT2D eigenvalue weighted by Gasteiger charge is -2.20. The molecule has 18 heavy (non-hydrogen) atoms. The molecular formula is C11H13N3O4. The number of aromatic nitrogens is 2. The number of rotatable bonds is 5. The molecule has 0 atom stereocenters. The van der Waals surface area contributed by atoms with Gasteiger partial charge in [0.15, 0.2) is 0 Å². The molecule has 0 spiro atoms. The molecule has 1 saturated carbocycles. The minimum atomic E-state index is -0.942. The lowest BCUT2D eigenvalue weighted by Crippen LogP contribution is -2.36. The lowest BCUT2D eigenvalue weighted by atomic mass is 10.3. The van der Waals surface area contributed by atoms with Crippen molar-refractivity contribution in [2.45, 2.75) is 25.3 Å². The number of aromatic amines is 1.